The number of nitrogens with zero attached hydrogens (tertiary/aromatic N) is 3. The van der Waals surface area contributed by atoms with Gasteiger partial charge in [0.15, 0.2) is 0 Å². The van der Waals surface area contributed by atoms with E-state index in [4.69, 9.17) is 0 Å². The van der Waals surface area contributed by atoms with Gasteiger partial charge in [0, 0.05) is 50.2 Å². The summed E-state index contributed by atoms with van der Waals surface area (Å²) in [4.78, 5) is 15.1. The van der Waals surface area contributed by atoms with E-state index in [1.807, 2.05) is 12.1 Å². The van der Waals surface area contributed by atoms with Gasteiger partial charge >= 0.3 is 0 Å². The average molecular weight is 462 g/mol. The molecule has 144 valence electrons. The van der Waals surface area contributed by atoms with Crippen LogP contribution in [0.2, 0.25) is 0 Å². The molecular formula is C17H24BrN3O3S2. The Morgan fingerprint density at radius 3 is 2.15 bits per heavy atom. The molecule has 2 aliphatic rings. The lowest BCUT2D eigenvalue weighted by molar-refractivity contribution is -0.127. The van der Waals surface area contributed by atoms with Crippen molar-refractivity contribution in [3.05, 3.63) is 26.9 Å². The minimum Gasteiger partial charge on any atom is -0.337 e. The summed E-state index contributed by atoms with van der Waals surface area (Å²) in [6.07, 6.45) is 7.43. The molecule has 3 rings (SSSR count). The van der Waals surface area contributed by atoms with Gasteiger partial charge in [-0.05, 0) is 47.0 Å². The molecule has 1 aromatic rings. The fourth-order valence-electron chi connectivity index (χ4n) is 3.25. The molecule has 0 N–H and O–H groups in total. The Bertz CT molecular complexity index is 747. The van der Waals surface area contributed by atoms with Crippen LogP contribution in [0.5, 0.6) is 0 Å². The third-order valence-electron chi connectivity index (χ3n) is 4.75. The van der Waals surface area contributed by atoms with Crippen molar-refractivity contribution in [3.8, 4) is 0 Å². The fraction of sp³-hybridized carbons (Fsp3) is 0.588. The van der Waals surface area contributed by atoms with Crippen LogP contribution in [-0.4, -0.2) is 67.1 Å². The van der Waals surface area contributed by atoms with E-state index < -0.39 is 10.2 Å². The van der Waals surface area contributed by atoms with E-state index in [0.717, 1.165) is 34.3 Å². The molecule has 2 saturated heterocycles. The number of halogens is 1. The van der Waals surface area contributed by atoms with Gasteiger partial charge in [-0.15, -0.1) is 11.3 Å². The van der Waals surface area contributed by atoms with Crippen molar-refractivity contribution in [1.29, 1.82) is 0 Å². The first-order chi connectivity index (χ1) is 12.5. The van der Waals surface area contributed by atoms with E-state index in [9.17, 15) is 13.2 Å². The summed E-state index contributed by atoms with van der Waals surface area (Å²) < 4.78 is 29.8. The molecule has 2 fully saturated rings. The molecule has 0 radical (unpaired) electrons. The normalized spacial score (nSPS) is 21.2. The molecule has 0 saturated carbocycles. The van der Waals surface area contributed by atoms with Crippen molar-refractivity contribution in [2.45, 2.75) is 25.7 Å². The molecule has 0 spiro atoms. The third-order valence-corrected chi connectivity index (χ3v) is 8.38. The van der Waals surface area contributed by atoms with E-state index in [1.165, 1.54) is 4.31 Å². The van der Waals surface area contributed by atoms with Crippen LogP contribution in [0, 0.1) is 0 Å². The van der Waals surface area contributed by atoms with Crippen molar-refractivity contribution in [2.75, 3.05) is 39.3 Å². The topological polar surface area (TPSA) is 60.9 Å². The number of amides is 1. The summed E-state index contributed by atoms with van der Waals surface area (Å²) in [5.41, 5.74) is 0. The van der Waals surface area contributed by atoms with Crippen LogP contribution in [0.4, 0.5) is 0 Å². The molecule has 9 heteroatoms. The number of rotatable bonds is 4. The molecule has 6 nitrogen and oxygen atoms in total. The Morgan fingerprint density at radius 2 is 1.58 bits per heavy atom. The zero-order valence-corrected chi connectivity index (χ0v) is 17.9. The van der Waals surface area contributed by atoms with Gasteiger partial charge in [0.1, 0.15) is 0 Å². The monoisotopic (exact) mass is 461 g/mol. The van der Waals surface area contributed by atoms with Gasteiger partial charge in [-0.3, -0.25) is 4.79 Å². The van der Waals surface area contributed by atoms with E-state index in [2.05, 4.69) is 15.9 Å². The van der Waals surface area contributed by atoms with Crippen LogP contribution < -0.4 is 0 Å². The van der Waals surface area contributed by atoms with Crippen LogP contribution in [-0.2, 0) is 15.0 Å². The summed E-state index contributed by atoms with van der Waals surface area (Å²) in [5, 5.41) is 0. The first-order valence-electron chi connectivity index (χ1n) is 8.94. The summed E-state index contributed by atoms with van der Waals surface area (Å²) >= 11 is 4.97. The van der Waals surface area contributed by atoms with Crippen LogP contribution in [0.25, 0.3) is 6.08 Å². The highest BCUT2D eigenvalue weighted by Crippen LogP contribution is 2.23. The zero-order valence-electron chi connectivity index (χ0n) is 14.6. The van der Waals surface area contributed by atoms with Crippen molar-refractivity contribution in [3.63, 3.8) is 0 Å². The predicted molar refractivity (Wildman–Crippen MR) is 108 cm³/mol. The highest BCUT2D eigenvalue weighted by Gasteiger charge is 2.33. The fourth-order valence-corrected chi connectivity index (χ4v) is 6.25. The second-order valence-corrected chi connectivity index (χ2v) is 10.9. The summed E-state index contributed by atoms with van der Waals surface area (Å²) in [6, 6.07) is 3.89. The van der Waals surface area contributed by atoms with Crippen molar-refractivity contribution < 1.29 is 13.2 Å². The predicted octanol–water partition coefficient (Wildman–Crippen LogP) is 2.79. The number of hydrogen-bond acceptors (Lipinski definition) is 4. The number of carbonyl (C=O) groups is 1. The van der Waals surface area contributed by atoms with Gasteiger partial charge in [-0.25, -0.2) is 0 Å². The quantitative estimate of drug-likeness (QED) is 0.647. The van der Waals surface area contributed by atoms with Gasteiger partial charge in [-0.2, -0.15) is 17.0 Å². The first-order valence-corrected chi connectivity index (χ1v) is 11.9. The average Bonchev–Trinajstić information content (AvgIpc) is 2.87. The van der Waals surface area contributed by atoms with Gasteiger partial charge in [0.05, 0.1) is 3.79 Å². The molecule has 0 aliphatic carbocycles. The molecule has 0 atom stereocenters. The minimum atomic E-state index is -3.40. The Labute approximate surface area is 167 Å². The lowest BCUT2D eigenvalue weighted by atomic mass is 10.2. The molecule has 26 heavy (non-hydrogen) atoms. The maximum absolute atomic E-state index is 12.8. The van der Waals surface area contributed by atoms with E-state index >= 15 is 0 Å². The summed E-state index contributed by atoms with van der Waals surface area (Å²) in [7, 11) is -3.40. The molecular weight excluding hydrogens is 438 g/mol. The summed E-state index contributed by atoms with van der Waals surface area (Å²) in [6.45, 7) is 2.82. The Morgan fingerprint density at radius 1 is 0.962 bits per heavy atom. The molecule has 3 heterocycles. The maximum Gasteiger partial charge on any atom is 0.282 e. The largest absolute Gasteiger partial charge is 0.337 e. The Kier molecular flexibility index (Phi) is 6.90. The van der Waals surface area contributed by atoms with Crippen LogP contribution in [0.3, 0.4) is 0 Å². The van der Waals surface area contributed by atoms with Crippen molar-refractivity contribution in [1.82, 2.24) is 13.5 Å². The van der Waals surface area contributed by atoms with E-state index in [-0.39, 0.29) is 5.91 Å². The highest BCUT2D eigenvalue weighted by atomic mass is 79.9. The molecule has 0 bridgehead atoms. The van der Waals surface area contributed by atoms with Crippen LogP contribution in [0.15, 0.2) is 22.0 Å². The molecule has 0 aromatic carbocycles. The summed E-state index contributed by atoms with van der Waals surface area (Å²) in [5.74, 6) is -0.0682. The van der Waals surface area contributed by atoms with Crippen molar-refractivity contribution in [2.24, 2.45) is 0 Å². The van der Waals surface area contributed by atoms with Gasteiger partial charge in [-0.1, -0.05) is 12.8 Å². The van der Waals surface area contributed by atoms with E-state index in [0.29, 0.717) is 39.3 Å². The number of thiophene rings is 1. The molecule has 1 aromatic heterocycles. The smallest absolute Gasteiger partial charge is 0.282 e. The first kappa shape index (κ1) is 20.0. The van der Waals surface area contributed by atoms with Gasteiger partial charge in [0.2, 0.25) is 5.91 Å². The van der Waals surface area contributed by atoms with E-state index in [1.54, 1.807) is 32.7 Å². The van der Waals surface area contributed by atoms with Gasteiger partial charge < -0.3 is 4.90 Å². The third kappa shape index (κ3) is 4.95. The molecule has 0 unspecified atom stereocenters. The SMILES string of the molecule is O=C(/C=C/c1ccc(Br)s1)N1CCN(S(=O)(=O)N2CCCCCC2)CC1. The highest BCUT2D eigenvalue weighted by molar-refractivity contribution is 9.11. The molecule has 2 aliphatic heterocycles. The lowest BCUT2D eigenvalue weighted by Crippen LogP contribution is -2.54. The molecule has 1 amide bonds. The van der Waals surface area contributed by atoms with Gasteiger partial charge in [0.25, 0.3) is 10.2 Å². The Hall–Kier alpha value is -0.740. The minimum absolute atomic E-state index is 0.0682. The van der Waals surface area contributed by atoms with Crippen molar-refractivity contribution >= 4 is 49.5 Å². The number of hydrogen-bond donors (Lipinski definition) is 0. The second-order valence-electron chi connectivity index (χ2n) is 6.52. The lowest BCUT2D eigenvalue weighted by Gasteiger charge is -2.36. The zero-order chi connectivity index (χ0) is 18.6. The standard InChI is InChI=1S/C17H24BrN3O3S2/c18-16-7-5-15(25-16)6-8-17(22)19-11-13-21(14-12-19)26(23,24)20-9-3-1-2-4-10-20/h5-8H,1-4,9-14H2/b8-6+. The second kappa shape index (κ2) is 8.97. The van der Waals surface area contributed by atoms with Crippen LogP contribution >= 0.6 is 27.3 Å². The van der Waals surface area contributed by atoms with Crippen LogP contribution in [0.1, 0.15) is 30.6 Å². The maximum atomic E-state index is 12.8. The number of carbonyl (C=O) groups excluding carboxylic acids is 1. The Balaban J connectivity index is 1.54. The number of piperazine rings is 1.